The fourth-order valence-electron chi connectivity index (χ4n) is 4.00. The molecule has 0 radical (unpaired) electrons. The number of aryl methyl sites for hydroxylation is 1. The zero-order chi connectivity index (χ0) is 24.4. The Hall–Kier alpha value is -4.46. The number of hydrogen-bond acceptors (Lipinski definition) is 6. The zero-order valence-electron chi connectivity index (χ0n) is 19.5. The van der Waals surface area contributed by atoms with Crippen LogP contribution in [0.4, 0.5) is 0 Å². The van der Waals surface area contributed by atoms with Crippen molar-refractivity contribution in [3.8, 4) is 17.1 Å². The standard InChI is InChI=1S/C27H24N4O4/c1-3-34-21-8-6-7-20(15-21)25-28-24(35-29-25)17-30-23-10-5-4-9-22(23)26(32)31(27(30)33)16-19-13-11-18(2)12-14-19/h4-15H,3,16-17H2,1-2H3. The summed E-state index contributed by atoms with van der Waals surface area (Å²) in [5.74, 6) is 1.36. The summed E-state index contributed by atoms with van der Waals surface area (Å²) in [6.07, 6.45) is 0. The molecule has 5 rings (SSSR count). The summed E-state index contributed by atoms with van der Waals surface area (Å²) in [7, 11) is 0. The lowest BCUT2D eigenvalue weighted by Gasteiger charge is -2.13. The molecule has 0 N–H and O–H groups in total. The lowest BCUT2D eigenvalue weighted by Crippen LogP contribution is -2.40. The summed E-state index contributed by atoms with van der Waals surface area (Å²) in [4.78, 5) is 31.2. The molecule has 0 amide bonds. The molecule has 3 aromatic carbocycles. The van der Waals surface area contributed by atoms with E-state index in [1.807, 2.05) is 62.4 Å². The van der Waals surface area contributed by atoms with Gasteiger partial charge in [-0.3, -0.25) is 13.9 Å². The molecule has 0 atom stereocenters. The highest BCUT2D eigenvalue weighted by atomic mass is 16.5. The molecular weight excluding hydrogens is 444 g/mol. The Kier molecular flexibility index (Phi) is 6.01. The first-order valence-electron chi connectivity index (χ1n) is 11.4. The second kappa shape index (κ2) is 9.42. The van der Waals surface area contributed by atoms with Gasteiger partial charge in [-0.1, -0.05) is 59.3 Å². The van der Waals surface area contributed by atoms with Gasteiger partial charge in [-0.25, -0.2) is 4.79 Å². The van der Waals surface area contributed by atoms with Crippen molar-refractivity contribution in [2.45, 2.75) is 26.9 Å². The Morgan fingerprint density at radius 2 is 1.71 bits per heavy atom. The minimum Gasteiger partial charge on any atom is -0.494 e. The van der Waals surface area contributed by atoms with E-state index in [1.165, 1.54) is 9.13 Å². The molecule has 2 heterocycles. The summed E-state index contributed by atoms with van der Waals surface area (Å²) < 4.78 is 13.8. The predicted molar refractivity (Wildman–Crippen MR) is 133 cm³/mol. The first kappa shape index (κ1) is 22.3. The summed E-state index contributed by atoms with van der Waals surface area (Å²) >= 11 is 0. The largest absolute Gasteiger partial charge is 0.494 e. The first-order valence-corrected chi connectivity index (χ1v) is 11.4. The quantitative estimate of drug-likeness (QED) is 0.358. The smallest absolute Gasteiger partial charge is 0.332 e. The average molecular weight is 469 g/mol. The number of benzene rings is 3. The summed E-state index contributed by atoms with van der Waals surface area (Å²) in [5.41, 5.74) is 2.46. The fraction of sp³-hybridized carbons (Fsp3) is 0.185. The molecule has 0 fully saturated rings. The normalized spacial score (nSPS) is 11.1. The van der Waals surface area contributed by atoms with E-state index in [1.54, 1.807) is 24.3 Å². The van der Waals surface area contributed by atoms with Gasteiger partial charge in [-0.05, 0) is 43.7 Å². The van der Waals surface area contributed by atoms with Crippen molar-refractivity contribution >= 4 is 10.9 Å². The minimum atomic E-state index is -0.438. The van der Waals surface area contributed by atoms with Gasteiger partial charge in [-0.2, -0.15) is 4.98 Å². The van der Waals surface area contributed by atoms with E-state index in [0.717, 1.165) is 16.7 Å². The molecule has 0 unspecified atom stereocenters. The molecule has 176 valence electrons. The molecule has 0 bridgehead atoms. The maximum Gasteiger partial charge on any atom is 0.332 e. The Bertz CT molecular complexity index is 1610. The van der Waals surface area contributed by atoms with Crippen molar-refractivity contribution in [1.82, 2.24) is 19.3 Å². The van der Waals surface area contributed by atoms with Crippen molar-refractivity contribution < 1.29 is 9.26 Å². The summed E-state index contributed by atoms with van der Waals surface area (Å²) in [5, 5.41) is 4.53. The van der Waals surface area contributed by atoms with Crippen LogP contribution in [-0.4, -0.2) is 25.9 Å². The predicted octanol–water partition coefficient (Wildman–Crippen LogP) is 4.02. The fourth-order valence-corrected chi connectivity index (χ4v) is 4.00. The minimum absolute atomic E-state index is 0.0334. The molecule has 0 aliphatic heterocycles. The van der Waals surface area contributed by atoms with E-state index in [-0.39, 0.29) is 24.5 Å². The Balaban J connectivity index is 1.55. The third-order valence-electron chi connectivity index (χ3n) is 5.76. The molecule has 8 heteroatoms. The van der Waals surface area contributed by atoms with E-state index in [4.69, 9.17) is 9.26 Å². The molecule has 0 aliphatic carbocycles. The van der Waals surface area contributed by atoms with Gasteiger partial charge < -0.3 is 9.26 Å². The molecular formula is C27H24N4O4. The molecule has 8 nitrogen and oxygen atoms in total. The highest BCUT2D eigenvalue weighted by Crippen LogP contribution is 2.22. The number of aromatic nitrogens is 4. The molecule has 0 aliphatic rings. The zero-order valence-corrected chi connectivity index (χ0v) is 19.5. The monoisotopic (exact) mass is 468 g/mol. The average Bonchev–Trinajstić information content (AvgIpc) is 3.35. The number of fused-ring (bicyclic) bond motifs is 1. The van der Waals surface area contributed by atoms with Crippen LogP contribution in [0.5, 0.6) is 5.75 Å². The van der Waals surface area contributed by atoms with Gasteiger partial charge in [-0.15, -0.1) is 0 Å². The van der Waals surface area contributed by atoms with Crippen LogP contribution in [-0.2, 0) is 13.1 Å². The van der Waals surface area contributed by atoms with Crippen LogP contribution in [0.2, 0.25) is 0 Å². The third-order valence-corrected chi connectivity index (χ3v) is 5.76. The van der Waals surface area contributed by atoms with Gasteiger partial charge in [0.1, 0.15) is 12.3 Å². The summed E-state index contributed by atoms with van der Waals surface area (Å²) in [6.45, 7) is 4.66. The molecule has 0 saturated carbocycles. The van der Waals surface area contributed by atoms with Crippen LogP contribution in [0, 0.1) is 6.92 Å². The molecule has 5 aromatic rings. The first-order chi connectivity index (χ1) is 17.0. The van der Waals surface area contributed by atoms with Gasteiger partial charge in [0.2, 0.25) is 11.7 Å². The topological polar surface area (TPSA) is 92.2 Å². The van der Waals surface area contributed by atoms with Crippen LogP contribution in [0.15, 0.2) is 86.9 Å². The third kappa shape index (κ3) is 4.50. The van der Waals surface area contributed by atoms with E-state index in [2.05, 4.69) is 10.1 Å². The van der Waals surface area contributed by atoms with E-state index < -0.39 is 5.69 Å². The Labute approximate surface area is 201 Å². The van der Waals surface area contributed by atoms with Gasteiger partial charge in [0.25, 0.3) is 5.56 Å². The lowest BCUT2D eigenvalue weighted by atomic mass is 10.1. The van der Waals surface area contributed by atoms with Crippen molar-refractivity contribution in [3.05, 3.63) is 111 Å². The van der Waals surface area contributed by atoms with Crippen molar-refractivity contribution in [1.29, 1.82) is 0 Å². The van der Waals surface area contributed by atoms with Crippen molar-refractivity contribution in [2.75, 3.05) is 6.61 Å². The van der Waals surface area contributed by atoms with Crippen LogP contribution >= 0.6 is 0 Å². The van der Waals surface area contributed by atoms with Gasteiger partial charge in [0.15, 0.2) is 0 Å². The SMILES string of the molecule is CCOc1cccc(-c2noc(Cn3c(=O)n(Cc4ccc(C)cc4)c(=O)c4ccccc43)n2)c1. The Morgan fingerprint density at radius 3 is 2.51 bits per heavy atom. The number of nitrogens with zero attached hydrogens (tertiary/aromatic N) is 4. The highest BCUT2D eigenvalue weighted by Gasteiger charge is 2.17. The highest BCUT2D eigenvalue weighted by molar-refractivity contribution is 5.77. The van der Waals surface area contributed by atoms with E-state index in [9.17, 15) is 9.59 Å². The van der Waals surface area contributed by atoms with Crippen LogP contribution in [0.1, 0.15) is 23.9 Å². The van der Waals surface area contributed by atoms with Gasteiger partial charge in [0, 0.05) is 5.56 Å². The van der Waals surface area contributed by atoms with E-state index in [0.29, 0.717) is 29.1 Å². The maximum absolute atomic E-state index is 13.5. The number of rotatable bonds is 7. The van der Waals surface area contributed by atoms with Gasteiger partial charge in [0.05, 0.1) is 24.1 Å². The van der Waals surface area contributed by atoms with Crippen LogP contribution in [0.25, 0.3) is 22.3 Å². The van der Waals surface area contributed by atoms with Gasteiger partial charge >= 0.3 is 5.69 Å². The van der Waals surface area contributed by atoms with Crippen LogP contribution < -0.4 is 16.0 Å². The second-order valence-electron chi connectivity index (χ2n) is 8.24. The van der Waals surface area contributed by atoms with E-state index >= 15 is 0 Å². The molecule has 0 spiro atoms. The number of hydrogen-bond donors (Lipinski definition) is 0. The summed E-state index contributed by atoms with van der Waals surface area (Å²) in [6, 6.07) is 22.2. The molecule has 2 aromatic heterocycles. The molecule has 35 heavy (non-hydrogen) atoms. The second-order valence-corrected chi connectivity index (χ2v) is 8.24. The van der Waals surface area contributed by atoms with Crippen LogP contribution in [0.3, 0.4) is 0 Å². The Morgan fingerprint density at radius 1 is 0.914 bits per heavy atom. The molecule has 0 saturated heterocycles. The maximum atomic E-state index is 13.5. The van der Waals surface area contributed by atoms with Crippen molar-refractivity contribution in [2.24, 2.45) is 0 Å². The van der Waals surface area contributed by atoms with Crippen molar-refractivity contribution in [3.63, 3.8) is 0 Å². The number of para-hydroxylation sites is 1. The number of ether oxygens (including phenoxy) is 1. The lowest BCUT2D eigenvalue weighted by molar-refractivity contribution is 0.340.